The van der Waals surface area contributed by atoms with Crippen molar-refractivity contribution in [1.82, 2.24) is 4.90 Å². The van der Waals surface area contributed by atoms with E-state index in [0.29, 0.717) is 12.8 Å². The van der Waals surface area contributed by atoms with Gasteiger partial charge in [-0.15, -0.1) is 0 Å². The molecule has 1 fully saturated rings. The minimum atomic E-state index is -0.661. The lowest BCUT2D eigenvalue weighted by molar-refractivity contribution is -0.143. The number of hydrogen-bond donors (Lipinski definition) is 1. The molecular formula is C21H24BrNO2. The predicted molar refractivity (Wildman–Crippen MR) is 104 cm³/mol. The Morgan fingerprint density at radius 1 is 1.12 bits per heavy atom. The van der Waals surface area contributed by atoms with Crippen LogP contribution in [0.5, 0.6) is 0 Å². The predicted octanol–water partition coefficient (Wildman–Crippen LogP) is 4.95. The summed E-state index contributed by atoms with van der Waals surface area (Å²) in [6.45, 7) is 5.90. The molecule has 0 saturated carbocycles. The summed E-state index contributed by atoms with van der Waals surface area (Å²) >= 11 is 3.52. The van der Waals surface area contributed by atoms with E-state index in [4.69, 9.17) is 0 Å². The zero-order chi connectivity index (χ0) is 18.0. The number of carbonyl (C=O) groups is 1. The zero-order valence-electron chi connectivity index (χ0n) is 14.7. The summed E-state index contributed by atoms with van der Waals surface area (Å²) in [6, 6.07) is 15.3. The van der Waals surface area contributed by atoms with E-state index in [2.05, 4.69) is 77.1 Å². The third-order valence-corrected chi connectivity index (χ3v) is 5.68. The summed E-state index contributed by atoms with van der Waals surface area (Å²) in [4.78, 5) is 13.7. The smallest absolute Gasteiger partial charge is 0.306 e. The normalized spacial score (nSPS) is 17.4. The van der Waals surface area contributed by atoms with Crippen LogP contribution in [-0.2, 0) is 4.79 Å². The molecule has 0 aromatic heterocycles. The number of likely N-dealkylation sites (tertiary alicyclic amines) is 1. The van der Waals surface area contributed by atoms with Gasteiger partial charge in [0, 0.05) is 4.47 Å². The number of benzene rings is 2. The SMILES string of the molecule is Cc1ccc(C(c2ccc(Br)cc2)N2CCC(C(=O)O)CC2)c(C)c1. The molecule has 1 atom stereocenters. The zero-order valence-corrected chi connectivity index (χ0v) is 16.3. The lowest BCUT2D eigenvalue weighted by atomic mass is 9.89. The maximum absolute atomic E-state index is 11.3. The maximum atomic E-state index is 11.3. The molecule has 0 spiro atoms. The molecule has 1 aliphatic heterocycles. The molecule has 3 nitrogen and oxygen atoms in total. The van der Waals surface area contributed by atoms with Gasteiger partial charge in [-0.25, -0.2) is 0 Å². The molecule has 2 aromatic carbocycles. The monoisotopic (exact) mass is 401 g/mol. The molecule has 1 unspecified atom stereocenters. The molecule has 0 bridgehead atoms. The molecule has 4 heteroatoms. The van der Waals surface area contributed by atoms with Crippen LogP contribution in [0.25, 0.3) is 0 Å². The molecule has 0 amide bonds. The van der Waals surface area contributed by atoms with Crippen LogP contribution in [0.2, 0.25) is 0 Å². The first kappa shape index (κ1) is 18.2. The van der Waals surface area contributed by atoms with Gasteiger partial charge in [-0.05, 0) is 68.6 Å². The van der Waals surface area contributed by atoms with Crippen LogP contribution >= 0.6 is 15.9 Å². The van der Waals surface area contributed by atoms with Crippen molar-refractivity contribution in [3.63, 3.8) is 0 Å². The van der Waals surface area contributed by atoms with Crippen molar-refractivity contribution >= 4 is 21.9 Å². The Labute approximate surface area is 157 Å². The average Bonchev–Trinajstić information content (AvgIpc) is 2.59. The number of hydrogen-bond acceptors (Lipinski definition) is 2. The molecular weight excluding hydrogens is 378 g/mol. The average molecular weight is 402 g/mol. The Bertz CT molecular complexity index is 749. The van der Waals surface area contributed by atoms with E-state index in [9.17, 15) is 9.90 Å². The van der Waals surface area contributed by atoms with Gasteiger partial charge in [0.2, 0.25) is 0 Å². The second-order valence-corrected chi connectivity index (χ2v) is 7.88. The number of carboxylic acid groups (broad SMARTS) is 1. The summed E-state index contributed by atoms with van der Waals surface area (Å²) < 4.78 is 1.07. The van der Waals surface area contributed by atoms with Gasteiger partial charge < -0.3 is 5.11 Å². The van der Waals surface area contributed by atoms with Crippen molar-refractivity contribution in [2.75, 3.05) is 13.1 Å². The van der Waals surface area contributed by atoms with Crippen molar-refractivity contribution in [3.05, 3.63) is 69.2 Å². The highest BCUT2D eigenvalue weighted by atomic mass is 79.9. The summed E-state index contributed by atoms with van der Waals surface area (Å²) in [5.41, 5.74) is 5.11. The van der Waals surface area contributed by atoms with Gasteiger partial charge in [0.15, 0.2) is 0 Å². The van der Waals surface area contributed by atoms with Gasteiger partial charge in [-0.3, -0.25) is 9.69 Å². The molecule has 2 aromatic rings. The van der Waals surface area contributed by atoms with Crippen LogP contribution in [0, 0.1) is 19.8 Å². The second-order valence-electron chi connectivity index (χ2n) is 6.96. The molecule has 1 N–H and O–H groups in total. The van der Waals surface area contributed by atoms with Crippen LogP contribution in [0.3, 0.4) is 0 Å². The number of aryl methyl sites for hydroxylation is 2. The standard InChI is InChI=1S/C21H24BrNO2/c1-14-3-8-19(15(2)13-14)20(16-4-6-18(22)7-5-16)23-11-9-17(10-12-23)21(24)25/h3-8,13,17,20H,9-12H2,1-2H3,(H,24,25). The fourth-order valence-electron chi connectivity index (χ4n) is 3.77. The number of nitrogens with zero attached hydrogens (tertiary/aromatic N) is 1. The fraction of sp³-hybridized carbons (Fsp3) is 0.381. The summed E-state index contributed by atoms with van der Waals surface area (Å²) in [5.74, 6) is -0.868. The second kappa shape index (κ2) is 7.71. The van der Waals surface area contributed by atoms with Crippen LogP contribution < -0.4 is 0 Å². The highest BCUT2D eigenvalue weighted by Crippen LogP contribution is 2.35. The minimum Gasteiger partial charge on any atom is -0.481 e. The van der Waals surface area contributed by atoms with Crippen molar-refractivity contribution < 1.29 is 9.90 Å². The lowest BCUT2D eigenvalue weighted by Gasteiger charge is -2.37. The molecule has 0 aliphatic carbocycles. The third kappa shape index (κ3) is 4.13. The highest BCUT2D eigenvalue weighted by molar-refractivity contribution is 9.10. The van der Waals surface area contributed by atoms with Gasteiger partial charge in [0.05, 0.1) is 12.0 Å². The summed E-state index contributed by atoms with van der Waals surface area (Å²) in [6.07, 6.45) is 1.43. The first-order valence-electron chi connectivity index (χ1n) is 8.75. The number of halogens is 1. The van der Waals surface area contributed by atoms with Gasteiger partial charge in [-0.1, -0.05) is 51.8 Å². The van der Waals surface area contributed by atoms with Gasteiger partial charge in [-0.2, -0.15) is 0 Å². The first-order chi connectivity index (χ1) is 12.0. The molecule has 1 heterocycles. The van der Waals surface area contributed by atoms with E-state index in [0.717, 1.165) is 17.6 Å². The molecule has 0 radical (unpaired) electrons. The van der Waals surface area contributed by atoms with Crippen molar-refractivity contribution in [1.29, 1.82) is 0 Å². The third-order valence-electron chi connectivity index (χ3n) is 5.15. The van der Waals surface area contributed by atoms with E-state index < -0.39 is 5.97 Å². The van der Waals surface area contributed by atoms with Crippen LogP contribution in [0.4, 0.5) is 0 Å². The summed E-state index contributed by atoms with van der Waals surface area (Å²) in [5, 5.41) is 9.28. The molecule has 25 heavy (non-hydrogen) atoms. The Balaban J connectivity index is 1.95. The van der Waals surface area contributed by atoms with Crippen molar-refractivity contribution in [2.24, 2.45) is 5.92 Å². The Morgan fingerprint density at radius 2 is 1.76 bits per heavy atom. The Kier molecular flexibility index (Phi) is 5.60. The summed E-state index contributed by atoms with van der Waals surface area (Å²) in [7, 11) is 0. The van der Waals surface area contributed by atoms with Crippen LogP contribution in [-0.4, -0.2) is 29.1 Å². The number of piperidine rings is 1. The first-order valence-corrected chi connectivity index (χ1v) is 9.54. The van der Waals surface area contributed by atoms with E-state index in [1.165, 1.54) is 22.3 Å². The maximum Gasteiger partial charge on any atom is 0.306 e. The van der Waals surface area contributed by atoms with Crippen molar-refractivity contribution in [2.45, 2.75) is 32.7 Å². The van der Waals surface area contributed by atoms with Gasteiger partial charge in [0.1, 0.15) is 0 Å². The van der Waals surface area contributed by atoms with E-state index in [-0.39, 0.29) is 12.0 Å². The number of aliphatic carboxylic acids is 1. The van der Waals surface area contributed by atoms with E-state index in [1.54, 1.807) is 0 Å². The van der Waals surface area contributed by atoms with Gasteiger partial charge >= 0.3 is 5.97 Å². The van der Waals surface area contributed by atoms with Crippen LogP contribution in [0.15, 0.2) is 46.9 Å². The number of carboxylic acids is 1. The topological polar surface area (TPSA) is 40.5 Å². The lowest BCUT2D eigenvalue weighted by Crippen LogP contribution is -2.39. The molecule has 132 valence electrons. The largest absolute Gasteiger partial charge is 0.481 e. The van der Waals surface area contributed by atoms with Gasteiger partial charge in [0.25, 0.3) is 0 Å². The van der Waals surface area contributed by atoms with Crippen molar-refractivity contribution in [3.8, 4) is 0 Å². The van der Waals surface area contributed by atoms with Crippen LogP contribution in [0.1, 0.15) is 41.1 Å². The fourth-order valence-corrected chi connectivity index (χ4v) is 4.03. The Hall–Kier alpha value is -1.65. The molecule has 3 rings (SSSR count). The minimum absolute atomic E-state index is 0.170. The Morgan fingerprint density at radius 3 is 2.32 bits per heavy atom. The highest BCUT2D eigenvalue weighted by Gasteiger charge is 2.30. The van der Waals surface area contributed by atoms with E-state index in [1.807, 2.05) is 0 Å². The quantitative estimate of drug-likeness (QED) is 0.787. The number of rotatable bonds is 4. The molecule has 1 saturated heterocycles. The molecule has 1 aliphatic rings. The van der Waals surface area contributed by atoms with E-state index >= 15 is 0 Å².